The Kier molecular flexibility index (Phi) is 5.96. The standard InChI is InChI=1S/C20H23N5O4/c1-3-4-10-24-17(21)16(18(26)23-20(24)28)25(12-14-8-6-11-29-14)19(27)15-9-5-7-13(2)22-15/h5-9,11H,3-4,10,12,21H2,1-2H3,(H,23,26,28). The van der Waals surface area contributed by atoms with E-state index in [1.165, 1.54) is 15.7 Å². The van der Waals surface area contributed by atoms with Crippen LogP contribution in [0.25, 0.3) is 0 Å². The SMILES string of the molecule is CCCCn1c(N)c(N(Cc2ccco2)C(=O)c2cccc(C)n2)c(=O)[nH]c1=O. The van der Waals surface area contributed by atoms with Gasteiger partial charge in [-0.2, -0.15) is 0 Å². The molecule has 9 heteroatoms. The zero-order chi connectivity index (χ0) is 21.0. The predicted molar refractivity (Wildman–Crippen MR) is 109 cm³/mol. The van der Waals surface area contributed by atoms with Crippen molar-refractivity contribution < 1.29 is 9.21 Å². The van der Waals surface area contributed by atoms with Gasteiger partial charge in [0, 0.05) is 12.2 Å². The van der Waals surface area contributed by atoms with Gasteiger partial charge in [0.15, 0.2) is 5.69 Å². The fourth-order valence-corrected chi connectivity index (χ4v) is 2.99. The van der Waals surface area contributed by atoms with Crippen LogP contribution in [0.2, 0.25) is 0 Å². The number of H-pyrrole nitrogens is 1. The largest absolute Gasteiger partial charge is 0.467 e. The Morgan fingerprint density at radius 3 is 2.72 bits per heavy atom. The summed E-state index contributed by atoms with van der Waals surface area (Å²) in [4.78, 5) is 45.9. The van der Waals surface area contributed by atoms with Crippen molar-refractivity contribution in [3.63, 3.8) is 0 Å². The number of nitrogens with two attached hydrogens (primary N) is 1. The van der Waals surface area contributed by atoms with Crippen LogP contribution in [0.15, 0.2) is 50.6 Å². The Balaban J connectivity index is 2.15. The van der Waals surface area contributed by atoms with Crippen LogP contribution in [0.4, 0.5) is 11.5 Å². The zero-order valence-electron chi connectivity index (χ0n) is 16.3. The molecule has 152 valence electrons. The normalized spacial score (nSPS) is 10.8. The van der Waals surface area contributed by atoms with Gasteiger partial charge in [0.1, 0.15) is 17.3 Å². The molecule has 3 rings (SSSR count). The Hall–Kier alpha value is -3.62. The van der Waals surface area contributed by atoms with Crippen LogP contribution in [0.1, 0.15) is 41.7 Å². The Bertz CT molecular complexity index is 1110. The second-order valence-electron chi connectivity index (χ2n) is 6.63. The van der Waals surface area contributed by atoms with Gasteiger partial charge in [0.25, 0.3) is 11.5 Å². The van der Waals surface area contributed by atoms with Crippen LogP contribution in [-0.2, 0) is 13.1 Å². The van der Waals surface area contributed by atoms with Crippen molar-refractivity contribution in [2.45, 2.75) is 39.8 Å². The molecule has 0 spiro atoms. The number of rotatable bonds is 7. The maximum absolute atomic E-state index is 13.3. The van der Waals surface area contributed by atoms with Crippen molar-refractivity contribution >= 4 is 17.4 Å². The van der Waals surface area contributed by atoms with Crippen LogP contribution < -0.4 is 21.9 Å². The third-order valence-electron chi connectivity index (χ3n) is 4.47. The Morgan fingerprint density at radius 2 is 2.07 bits per heavy atom. The number of hydrogen-bond donors (Lipinski definition) is 2. The number of furan rings is 1. The van der Waals surface area contributed by atoms with Crippen LogP contribution in [0, 0.1) is 6.92 Å². The van der Waals surface area contributed by atoms with Crippen LogP contribution >= 0.6 is 0 Å². The first-order valence-corrected chi connectivity index (χ1v) is 9.32. The highest BCUT2D eigenvalue weighted by atomic mass is 16.3. The molecule has 0 saturated carbocycles. The predicted octanol–water partition coefficient (Wildman–Crippen LogP) is 2.06. The first-order valence-electron chi connectivity index (χ1n) is 9.32. The number of nitrogen functional groups attached to an aromatic ring is 1. The highest BCUT2D eigenvalue weighted by molar-refractivity contribution is 6.05. The van der Waals surface area contributed by atoms with E-state index < -0.39 is 17.2 Å². The van der Waals surface area contributed by atoms with Crippen molar-refractivity contribution in [3.8, 4) is 0 Å². The second-order valence-corrected chi connectivity index (χ2v) is 6.63. The van der Waals surface area contributed by atoms with E-state index in [0.29, 0.717) is 24.4 Å². The van der Waals surface area contributed by atoms with Crippen molar-refractivity contribution in [1.82, 2.24) is 14.5 Å². The van der Waals surface area contributed by atoms with Gasteiger partial charge in [0.05, 0.1) is 12.8 Å². The summed E-state index contributed by atoms with van der Waals surface area (Å²) >= 11 is 0. The van der Waals surface area contributed by atoms with E-state index in [1.807, 2.05) is 6.92 Å². The minimum absolute atomic E-state index is 0.0410. The average Bonchev–Trinajstić information content (AvgIpc) is 3.19. The minimum atomic E-state index is -0.743. The summed E-state index contributed by atoms with van der Waals surface area (Å²) < 4.78 is 6.63. The quantitative estimate of drug-likeness (QED) is 0.628. The summed E-state index contributed by atoms with van der Waals surface area (Å²) in [5.41, 5.74) is 5.55. The molecule has 1 amide bonds. The van der Waals surface area contributed by atoms with E-state index in [0.717, 1.165) is 6.42 Å². The number of aromatic amines is 1. The van der Waals surface area contributed by atoms with Gasteiger partial charge in [-0.3, -0.25) is 24.0 Å². The van der Waals surface area contributed by atoms with Gasteiger partial charge >= 0.3 is 5.69 Å². The molecule has 3 N–H and O–H groups in total. The molecule has 3 aromatic heterocycles. The first kappa shape index (κ1) is 20.1. The summed E-state index contributed by atoms with van der Waals surface area (Å²) in [6.07, 6.45) is 3.00. The lowest BCUT2D eigenvalue weighted by molar-refractivity contribution is 0.0978. The fourth-order valence-electron chi connectivity index (χ4n) is 2.99. The fraction of sp³-hybridized carbons (Fsp3) is 0.300. The topological polar surface area (TPSA) is 127 Å². The molecule has 0 aliphatic carbocycles. The Labute approximate surface area is 166 Å². The Morgan fingerprint density at radius 1 is 1.28 bits per heavy atom. The molecule has 0 aromatic carbocycles. The number of aryl methyl sites for hydroxylation is 1. The van der Waals surface area contributed by atoms with Crippen LogP contribution in [-0.4, -0.2) is 20.4 Å². The number of nitrogens with one attached hydrogen (secondary N) is 1. The van der Waals surface area contributed by atoms with Crippen molar-refractivity contribution in [1.29, 1.82) is 0 Å². The molecule has 0 bridgehead atoms. The molecule has 0 saturated heterocycles. The first-order chi connectivity index (χ1) is 13.9. The van der Waals surface area contributed by atoms with E-state index in [1.54, 1.807) is 37.3 Å². The molecule has 0 unspecified atom stereocenters. The summed E-state index contributed by atoms with van der Waals surface area (Å²) in [6.45, 7) is 4.03. The van der Waals surface area contributed by atoms with Crippen molar-refractivity contribution in [2.75, 3.05) is 10.6 Å². The second kappa shape index (κ2) is 8.59. The monoisotopic (exact) mass is 397 g/mol. The van der Waals surface area contributed by atoms with Crippen LogP contribution in [0.3, 0.4) is 0 Å². The van der Waals surface area contributed by atoms with Gasteiger partial charge in [-0.15, -0.1) is 0 Å². The number of carbonyl (C=O) groups is 1. The lowest BCUT2D eigenvalue weighted by Gasteiger charge is -2.23. The molecular weight excluding hydrogens is 374 g/mol. The zero-order valence-corrected chi connectivity index (χ0v) is 16.3. The molecule has 0 aliphatic heterocycles. The third-order valence-corrected chi connectivity index (χ3v) is 4.47. The number of aromatic nitrogens is 3. The van der Waals surface area contributed by atoms with E-state index in [4.69, 9.17) is 10.2 Å². The molecule has 0 atom stereocenters. The number of unbranched alkanes of at least 4 members (excludes halogenated alkanes) is 1. The van der Waals surface area contributed by atoms with Gasteiger partial charge < -0.3 is 10.2 Å². The highest BCUT2D eigenvalue weighted by Crippen LogP contribution is 2.22. The summed E-state index contributed by atoms with van der Waals surface area (Å²) in [6, 6.07) is 8.39. The van der Waals surface area contributed by atoms with E-state index in [2.05, 4.69) is 9.97 Å². The molecule has 3 aromatic rings. The number of hydrogen-bond acceptors (Lipinski definition) is 6. The maximum atomic E-state index is 13.3. The molecule has 3 heterocycles. The van der Waals surface area contributed by atoms with E-state index >= 15 is 0 Å². The van der Waals surface area contributed by atoms with Crippen molar-refractivity contribution in [2.24, 2.45) is 0 Å². The summed E-state index contributed by atoms with van der Waals surface area (Å²) in [7, 11) is 0. The van der Waals surface area contributed by atoms with Gasteiger partial charge in [-0.1, -0.05) is 19.4 Å². The highest BCUT2D eigenvalue weighted by Gasteiger charge is 2.27. The number of pyridine rings is 1. The lowest BCUT2D eigenvalue weighted by atomic mass is 10.2. The molecule has 0 fully saturated rings. The van der Waals surface area contributed by atoms with Gasteiger partial charge in [-0.25, -0.2) is 9.78 Å². The number of anilines is 2. The van der Waals surface area contributed by atoms with Gasteiger partial charge in [0.2, 0.25) is 0 Å². The molecule has 9 nitrogen and oxygen atoms in total. The minimum Gasteiger partial charge on any atom is -0.467 e. The van der Waals surface area contributed by atoms with Crippen LogP contribution in [0.5, 0.6) is 0 Å². The van der Waals surface area contributed by atoms with Gasteiger partial charge in [-0.05, 0) is 37.6 Å². The number of amides is 1. The number of carbonyl (C=O) groups excluding carboxylic acids is 1. The smallest absolute Gasteiger partial charge is 0.330 e. The average molecular weight is 397 g/mol. The van der Waals surface area contributed by atoms with E-state index in [9.17, 15) is 14.4 Å². The lowest BCUT2D eigenvalue weighted by Crippen LogP contribution is -2.41. The van der Waals surface area contributed by atoms with Crippen molar-refractivity contribution in [3.05, 3.63) is 74.6 Å². The molecule has 29 heavy (non-hydrogen) atoms. The maximum Gasteiger partial charge on any atom is 0.330 e. The molecule has 0 aliphatic rings. The molecule has 0 radical (unpaired) electrons. The van der Waals surface area contributed by atoms with E-state index in [-0.39, 0.29) is 23.7 Å². The number of nitrogens with zero attached hydrogens (tertiary/aromatic N) is 3. The third kappa shape index (κ3) is 4.29. The summed E-state index contributed by atoms with van der Waals surface area (Å²) in [5, 5.41) is 0. The molecular formula is C20H23N5O4. The summed E-state index contributed by atoms with van der Waals surface area (Å²) in [5.74, 6) is -0.140.